The molecule has 32 nitrogen and oxygen atoms in total. The Morgan fingerprint density at radius 2 is 0.507 bits per heavy atom. The van der Waals surface area contributed by atoms with Crippen molar-refractivity contribution in [2.45, 2.75) is 204 Å². The van der Waals surface area contributed by atoms with Crippen molar-refractivity contribution in [2.24, 2.45) is 0 Å². The Morgan fingerprint density at radius 1 is 0.310 bits per heavy atom. The molecule has 416 valence electrons. The van der Waals surface area contributed by atoms with Gasteiger partial charge in [-0.15, -0.1) is 0 Å². The van der Waals surface area contributed by atoms with Gasteiger partial charge in [0, 0.05) is 0 Å². The van der Waals surface area contributed by atoms with Gasteiger partial charge in [0.1, 0.15) is 146 Å². The first-order chi connectivity index (χ1) is 33.4. The first-order valence-electron chi connectivity index (χ1n) is 22.7. The van der Waals surface area contributed by atoms with E-state index in [0.29, 0.717) is 0 Å². The quantitative estimate of drug-likeness (QED) is 0.0954. The summed E-state index contributed by atoms with van der Waals surface area (Å²) in [5.41, 5.74) is 0. The monoisotopic (exact) mass is 1050 g/mol. The Morgan fingerprint density at radius 3 is 0.718 bits per heavy atom. The molecule has 0 aromatic carbocycles. The van der Waals surface area contributed by atoms with Crippen LogP contribution in [0.5, 0.6) is 0 Å². The highest BCUT2D eigenvalue weighted by molar-refractivity contribution is 5.01. The van der Waals surface area contributed by atoms with Crippen molar-refractivity contribution < 1.29 is 159 Å². The van der Waals surface area contributed by atoms with E-state index in [4.69, 9.17) is 61.6 Å². The molecular weight excluding hydrogens is 980 g/mol. The Hall–Kier alpha value is -1.28. The van der Waals surface area contributed by atoms with E-state index in [1.54, 1.807) is 0 Å². The first-order valence-corrected chi connectivity index (χ1v) is 22.7. The molecule has 22 fully saturated rings. The zero-order valence-electron chi connectivity index (χ0n) is 37.7. The summed E-state index contributed by atoms with van der Waals surface area (Å²) in [5.74, 6) is 0. The molecule has 22 aliphatic rings. The summed E-state index contributed by atoms with van der Waals surface area (Å²) < 4.78 is 74.6. The maximum atomic E-state index is 11.7. The van der Waals surface area contributed by atoms with Crippen LogP contribution in [0.1, 0.15) is 13.3 Å². The minimum atomic E-state index is -2.16. The summed E-state index contributed by atoms with van der Waals surface area (Å²) in [6.45, 7) is -4.54. The van der Waals surface area contributed by atoms with Gasteiger partial charge in [-0.05, 0) is 6.42 Å². The van der Waals surface area contributed by atoms with Crippen LogP contribution < -0.4 is 0 Å². The third-order valence-corrected chi connectivity index (χ3v) is 13.3. The zero-order valence-corrected chi connectivity index (χ0v) is 37.7. The Bertz CT molecular complexity index is 1600. The lowest BCUT2D eigenvalue weighted by molar-refractivity contribution is -0.407. The minimum Gasteiger partial charge on any atom is -0.412 e. The van der Waals surface area contributed by atoms with E-state index in [1.807, 2.05) is 0 Å². The molecule has 0 spiro atoms. The molecule has 0 aromatic rings. The van der Waals surface area contributed by atoms with E-state index in [2.05, 4.69) is 0 Å². The highest BCUT2D eigenvalue weighted by Gasteiger charge is 2.59. The summed E-state index contributed by atoms with van der Waals surface area (Å²) in [5, 5.41) is 197. The fourth-order valence-electron chi connectivity index (χ4n) is 9.35. The molecule has 0 aromatic heterocycles. The molecule has 0 saturated carbocycles. The van der Waals surface area contributed by atoms with E-state index in [9.17, 15) is 91.9 Å². The minimum absolute atomic E-state index is 0. The van der Waals surface area contributed by atoms with Crippen LogP contribution in [0.15, 0.2) is 0 Å². The van der Waals surface area contributed by atoms with Crippen LogP contribution in [0.25, 0.3) is 0 Å². The smallest absolute Gasteiger partial charge is 0.187 e. The first kappa shape index (κ1) is 59.0. The SMILES string of the molecule is CCC(O)O[C@@H]1[C@@H](O)[C@H]2O[C@H]3[C@H](O)[C@@H](O)[C@@H](O[C@H]4[C@H](O)[C@@H](O)[C@@H](O[C@H]5[C@H](O)[C@@H](O)[C@@H](O[C@H]6[C@H](O)[C@@H](O)[C@@H](O[C@H]7[C@H](O)[C@@H](O)[C@@H](O[C@H]1[C@@H](CO)O2)O[C@@H]7CO)O[C@@H]6CO)O[C@@H]5CO)O[C@@H]4CO)O[C@@H]3CO.O. The summed E-state index contributed by atoms with van der Waals surface area (Å²) in [7, 11) is 0. The van der Waals surface area contributed by atoms with Crippen molar-refractivity contribution >= 4 is 0 Å². The molecule has 71 heavy (non-hydrogen) atoms. The van der Waals surface area contributed by atoms with E-state index in [0.717, 1.165) is 0 Å². The summed E-state index contributed by atoms with van der Waals surface area (Å²) in [6.07, 6.45) is -60.1. The number of hydrogen-bond donors (Lipinski definition) is 18. The summed E-state index contributed by atoms with van der Waals surface area (Å²) >= 11 is 0. The van der Waals surface area contributed by atoms with Crippen LogP contribution in [0.4, 0.5) is 0 Å². The average molecular weight is 1050 g/mol. The molecule has 22 aliphatic heterocycles. The lowest BCUT2D eigenvalue weighted by Gasteiger charge is -2.51. The third-order valence-electron chi connectivity index (χ3n) is 13.3. The number of hydrogen-bond acceptors (Lipinski definition) is 31. The Kier molecular flexibility index (Phi) is 21.0. The van der Waals surface area contributed by atoms with Gasteiger partial charge in [-0.1, -0.05) is 6.92 Å². The number of aliphatic hydroxyl groups is 18. The fourth-order valence-corrected chi connectivity index (χ4v) is 9.35. The van der Waals surface area contributed by atoms with Gasteiger partial charge in [-0.2, -0.15) is 0 Å². The summed E-state index contributed by atoms with van der Waals surface area (Å²) in [6, 6.07) is 0. The molecule has 20 N–H and O–H groups in total. The van der Waals surface area contributed by atoms with E-state index in [1.165, 1.54) is 6.92 Å². The van der Waals surface area contributed by atoms with E-state index >= 15 is 0 Å². The maximum Gasteiger partial charge on any atom is 0.187 e. The topological polar surface area (TPSA) is 516 Å². The molecule has 0 radical (unpaired) electrons. The molecule has 32 heteroatoms. The second kappa shape index (κ2) is 25.2. The predicted molar refractivity (Wildman–Crippen MR) is 215 cm³/mol. The molecule has 22 heterocycles. The highest BCUT2D eigenvalue weighted by atomic mass is 16.8. The third kappa shape index (κ3) is 11.8. The van der Waals surface area contributed by atoms with Crippen LogP contribution in [-0.2, 0) is 61.6 Å². The van der Waals surface area contributed by atoms with E-state index in [-0.39, 0.29) is 11.9 Å². The molecule has 0 amide bonds. The molecule has 22 saturated heterocycles. The fraction of sp³-hybridized carbons (Fsp3) is 1.00. The van der Waals surface area contributed by atoms with Crippen LogP contribution in [0.3, 0.4) is 0 Å². The van der Waals surface area contributed by atoms with Crippen LogP contribution in [-0.4, -0.2) is 328 Å². The molecule has 1 unspecified atom stereocenters. The second-order valence-electron chi connectivity index (χ2n) is 17.8. The largest absolute Gasteiger partial charge is 0.412 e. The van der Waals surface area contributed by atoms with Crippen molar-refractivity contribution in [3.05, 3.63) is 0 Å². The molecule has 0 aliphatic carbocycles. The molecule has 31 atom stereocenters. The molecule has 22 rings (SSSR count). The summed E-state index contributed by atoms with van der Waals surface area (Å²) in [4.78, 5) is 0. The van der Waals surface area contributed by atoms with Crippen LogP contribution in [0.2, 0.25) is 0 Å². The van der Waals surface area contributed by atoms with Gasteiger partial charge in [0.15, 0.2) is 44.0 Å². The number of rotatable bonds is 9. The Balaban J connectivity index is 0.00000825. The standard InChI is InChI=1S/C39H66O31.H2O/c1-2-15(46)64-33-26(57)39-63-14(8-45)32(33)70-38-25(56)20(51)30(12(6-43)62-38)68-36-23(54)18(49)28(10(4-41)60-36)66-34-21(52)16(47)27(9(3-40)58-34)65-35-22(53)17(48)29(11(5-42)59-35)67-37-24(55)19(50)31(69-39)13(7-44)61-37;/h9-57H,2-8H2,1H3;1H2/t9-,10-,11-,12-,13-,14-,15?,16-,17-,18-,19-,20-,21-,22-,23-,24-,25-,26-,27-,28-,29-,30-,31-,32+,33-,34-,35-,36-,37-,38-,39-;/m1./s1. The second-order valence-corrected chi connectivity index (χ2v) is 17.8. The molecular formula is C39H68O32. The van der Waals surface area contributed by atoms with Gasteiger partial charge in [0.25, 0.3) is 0 Å². The van der Waals surface area contributed by atoms with Crippen molar-refractivity contribution in [2.75, 3.05) is 39.6 Å². The van der Waals surface area contributed by atoms with Gasteiger partial charge in [-0.25, -0.2) is 0 Å². The van der Waals surface area contributed by atoms with Gasteiger partial charge in [0.05, 0.1) is 39.6 Å². The lowest BCUT2D eigenvalue weighted by Crippen LogP contribution is -2.69. The van der Waals surface area contributed by atoms with Gasteiger partial charge in [-0.3, -0.25) is 0 Å². The average Bonchev–Trinajstić information content (AvgIpc) is 3.35. The van der Waals surface area contributed by atoms with Crippen molar-refractivity contribution in [1.82, 2.24) is 0 Å². The number of aliphatic hydroxyl groups excluding tert-OH is 18. The molecule has 12 bridgehead atoms. The van der Waals surface area contributed by atoms with Crippen LogP contribution >= 0.6 is 0 Å². The van der Waals surface area contributed by atoms with Crippen LogP contribution in [0, 0.1) is 0 Å². The number of ether oxygens (including phenoxy) is 13. The highest BCUT2D eigenvalue weighted by Crippen LogP contribution is 2.38. The Labute approximate surface area is 402 Å². The van der Waals surface area contributed by atoms with Gasteiger partial charge in [0.2, 0.25) is 0 Å². The maximum absolute atomic E-state index is 11.7. The van der Waals surface area contributed by atoms with Gasteiger partial charge < -0.3 is 159 Å². The van der Waals surface area contributed by atoms with E-state index < -0.39 is 230 Å². The normalized spacial score (nSPS) is 52.6. The van der Waals surface area contributed by atoms with Crippen molar-refractivity contribution in [1.29, 1.82) is 0 Å². The zero-order chi connectivity index (χ0) is 51.0. The lowest BCUT2D eigenvalue weighted by atomic mass is 9.94. The predicted octanol–water partition coefficient (Wildman–Crippen LogP) is -13.1. The van der Waals surface area contributed by atoms with Crippen molar-refractivity contribution in [3.63, 3.8) is 0 Å². The van der Waals surface area contributed by atoms with Gasteiger partial charge >= 0.3 is 0 Å². The van der Waals surface area contributed by atoms with Crippen molar-refractivity contribution in [3.8, 4) is 0 Å².